The van der Waals surface area contributed by atoms with Gasteiger partial charge >= 0.3 is 0 Å². The van der Waals surface area contributed by atoms with Crippen molar-refractivity contribution >= 4 is 72.3 Å². The van der Waals surface area contributed by atoms with E-state index in [1.807, 2.05) is 0 Å². The SMILES string of the molecule is Cc1ccc(Br)cc1NS(=O)(=O)c1ccc(Sc2ccc(Cl)c(Cl)c2)c([N+](=O)[O-])c1. The monoisotopic (exact) mass is 546 g/mol. The highest BCUT2D eigenvalue weighted by Gasteiger charge is 2.23. The van der Waals surface area contributed by atoms with Crippen molar-refractivity contribution < 1.29 is 13.3 Å². The molecule has 0 aliphatic carbocycles. The number of nitrogens with zero attached hydrogens (tertiary/aromatic N) is 1. The van der Waals surface area contributed by atoms with Crippen LogP contribution >= 0.6 is 50.9 Å². The van der Waals surface area contributed by atoms with Crippen LogP contribution in [0.15, 0.2) is 73.8 Å². The standard InChI is InChI=1S/C19H13BrCl2N2O4S2/c1-11-2-3-12(20)8-17(11)23-30(27,28)14-5-7-19(18(10-14)24(25)26)29-13-4-6-15(21)16(22)9-13/h2-10,23H,1H3. The highest BCUT2D eigenvalue weighted by atomic mass is 79.9. The Labute approximate surface area is 195 Å². The number of hydrogen-bond acceptors (Lipinski definition) is 5. The third kappa shape index (κ3) is 5.28. The van der Waals surface area contributed by atoms with Gasteiger partial charge in [0.2, 0.25) is 0 Å². The van der Waals surface area contributed by atoms with Crippen molar-refractivity contribution in [2.75, 3.05) is 4.72 Å². The van der Waals surface area contributed by atoms with Gasteiger partial charge in [-0.15, -0.1) is 0 Å². The Kier molecular flexibility index (Phi) is 6.98. The average molecular weight is 548 g/mol. The van der Waals surface area contributed by atoms with Crippen molar-refractivity contribution in [2.24, 2.45) is 0 Å². The molecule has 6 nitrogen and oxygen atoms in total. The van der Waals surface area contributed by atoms with Crippen molar-refractivity contribution in [3.05, 3.63) is 84.8 Å². The van der Waals surface area contributed by atoms with Crippen molar-refractivity contribution in [3.63, 3.8) is 0 Å². The number of anilines is 1. The summed E-state index contributed by atoms with van der Waals surface area (Å²) in [5.41, 5.74) is 0.754. The smallest absolute Gasteiger partial charge is 0.279 e. The average Bonchev–Trinajstić information content (AvgIpc) is 2.67. The molecule has 0 saturated carbocycles. The van der Waals surface area contributed by atoms with Gasteiger partial charge in [-0.1, -0.05) is 57.0 Å². The number of sulfonamides is 1. The van der Waals surface area contributed by atoms with Gasteiger partial charge in [0.15, 0.2) is 0 Å². The number of rotatable bonds is 6. The molecule has 0 saturated heterocycles. The lowest BCUT2D eigenvalue weighted by Crippen LogP contribution is -2.14. The number of halogens is 3. The Balaban J connectivity index is 1.96. The number of nitro groups is 1. The maximum Gasteiger partial charge on any atom is 0.284 e. The second-order valence-corrected chi connectivity index (χ2v) is 10.7. The van der Waals surface area contributed by atoms with Gasteiger partial charge in [-0.2, -0.15) is 0 Å². The molecule has 156 valence electrons. The van der Waals surface area contributed by atoms with Crippen molar-refractivity contribution in [1.82, 2.24) is 0 Å². The number of aryl methyl sites for hydroxylation is 1. The van der Waals surface area contributed by atoms with Crippen LogP contribution in [0.25, 0.3) is 0 Å². The molecule has 0 bridgehead atoms. The molecule has 0 spiro atoms. The fourth-order valence-electron chi connectivity index (χ4n) is 2.47. The first kappa shape index (κ1) is 22.9. The van der Waals surface area contributed by atoms with Crippen LogP contribution in [-0.4, -0.2) is 13.3 Å². The minimum atomic E-state index is -4.03. The molecule has 0 heterocycles. The second-order valence-electron chi connectivity index (χ2n) is 6.13. The zero-order valence-corrected chi connectivity index (χ0v) is 20.0. The molecule has 0 aliphatic rings. The summed E-state index contributed by atoms with van der Waals surface area (Å²) >= 11 is 16.3. The maximum absolute atomic E-state index is 12.8. The normalized spacial score (nSPS) is 11.3. The lowest BCUT2D eigenvalue weighted by Gasteiger charge is -2.12. The number of benzene rings is 3. The van der Waals surface area contributed by atoms with Crippen LogP contribution in [0.3, 0.4) is 0 Å². The highest BCUT2D eigenvalue weighted by Crippen LogP contribution is 2.38. The third-order valence-electron chi connectivity index (χ3n) is 4.00. The molecule has 0 fully saturated rings. The quantitative estimate of drug-likeness (QED) is 0.267. The van der Waals surface area contributed by atoms with Crippen LogP contribution in [0.1, 0.15) is 5.56 Å². The molecule has 0 atom stereocenters. The molecular formula is C19H13BrCl2N2O4S2. The Morgan fingerprint density at radius 1 is 1.03 bits per heavy atom. The molecule has 1 N–H and O–H groups in total. The van der Waals surface area contributed by atoms with Crippen molar-refractivity contribution in [3.8, 4) is 0 Å². The largest absolute Gasteiger partial charge is 0.284 e. The first-order valence-corrected chi connectivity index (χ1v) is 12.1. The Hall–Kier alpha value is -1.78. The van der Waals surface area contributed by atoms with Gasteiger partial charge in [-0.25, -0.2) is 8.42 Å². The van der Waals surface area contributed by atoms with Crippen molar-refractivity contribution in [1.29, 1.82) is 0 Å². The van der Waals surface area contributed by atoms with Gasteiger partial charge in [0.1, 0.15) is 0 Å². The summed E-state index contributed by atoms with van der Waals surface area (Å²) in [6.45, 7) is 1.75. The van der Waals surface area contributed by atoms with E-state index >= 15 is 0 Å². The minimum Gasteiger partial charge on any atom is -0.279 e. The zero-order valence-electron chi connectivity index (χ0n) is 15.2. The van der Waals surface area contributed by atoms with Crippen LogP contribution in [0, 0.1) is 17.0 Å². The van der Waals surface area contributed by atoms with Crippen LogP contribution in [0.2, 0.25) is 10.0 Å². The van der Waals surface area contributed by atoms with Gasteiger partial charge in [-0.3, -0.25) is 14.8 Å². The van der Waals surface area contributed by atoms with E-state index in [9.17, 15) is 18.5 Å². The van der Waals surface area contributed by atoms with Crippen LogP contribution in [-0.2, 0) is 10.0 Å². The van der Waals surface area contributed by atoms with Crippen LogP contribution < -0.4 is 4.72 Å². The molecule has 30 heavy (non-hydrogen) atoms. The Morgan fingerprint density at radius 2 is 1.77 bits per heavy atom. The summed E-state index contributed by atoms with van der Waals surface area (Å²) in [4.78, 5) is 11.7. The summed E-state index contributed by atoms with van der Waals surface area (Å²) in [5.74, 6) is 0. The molecule has 0 aromatic heterocycles. The minimum absolute atomic E-state index is 0.216. The molecule has 0 unspecified atom stereocenters. The fourth-order valence-corrected chi connectivity index (χ4v) is 5.27. The van der Waals surface area contributed by atoms with E-state index in [-0.39, 0.29) is 15.5 Å². The number of nitro benzene ring substituents is 1. The summed E-state index contributed by atoms with van der Waals surface area (Å²) < 4.78 is 28.8. The summed E-state index contributed by atoms with van der Waals surface area (Å²) in [6, 6.07) is 13.8. The second kappa shape index (κ2) is 9.15. The Morgan fingerprint density at radius 3 is 2.43 bits per heavy atom. The van der Waals surface area contributed by atoms with Gasteiger partial charge in [-0.05, 0) is 55.0 Å². The molecule has 0 aliphatic heterocycles. The maximum atomic E-state index is 12.8. The van der Waals surface area contributed by atoms with E-state index in [1.165, 1.54) is 12.1 Å². The Bertz CT molecular complexity index is 1250. The fraction of sp³-hybridized carbons (Fsp3) is 0.0526. The molecular weight excluding hydrogens is 535 g/mol. The van der Waals surface area contributed by atoms with E-state index in [4.69, 9.17) is 23.2 Å². The lowest BCUT2D eigenvalue weighted by atomic mass is 10.2. The van der Waals surface area contributed by atoms with Gasteiger partial charge in [0.05, 0.1) is 30.4 Å². The van der Waals surface area contributed by atoms with Crippen molar-refractivity contribution in [2.45, 2.75) is 21.6 Å². The van der Waals surface area contributed by atoms with E-state index in [0.29, 0.717) is 30.7 Å². The predicted octanol–water partition coefficient (Wildman–Crippen LogP) is 6.92. The van der Waals surface area contributed by atoms with E-state index in [0.717, 1.165) is 17.8 Å². The molecule has 3 rings (SSSR count). The van der Waals surface area contributed by atoms with E-state index in [1.54, 1.807) is 43.3 Å². The first-order valence-electron chi connectivity index (χ1n) is 8.27. The summed E-state index contributed by atoms with van der Waals surface area (Å²) in [7, 11) is -4.03. The summed E-state index contributed by atoms with van der Waals surface area (Å²) in [6.07, 6.45) is 0. The van der Waals surface area contributed by atoms with Crippen LogP contribution in [0.4, 0.5) is 11.4 Å². The lowest BCUT2D eigenvalue weighted by molar-refractivity contribution is -0.388. The van der Waals surface area contributed by atoms with Gasteiger partial charge in [0, 0.05) is 15.4 Å². The zero-order chi connectivity index (χ0) is 22.1. The third-order valence-corrected chi connectivity index (χ3v) is 7.65. The predicted molar refractivity (Wildman–Crippen MR) is 123 cm³/mol. The molecule has 0 radical (unpaired) electrons. The summed E-state index contributed by atoms with van der Waals surface area (Å²) in [5, 5.41) is 12.3. The van der Waals surface area contributed by atoms with Gasteiger partial charge in [0.25, 0.3) is 15.7 Å². The molecule has 11 heteroatoms. The van der Waals surface area contributed by atoms with Crippen LogP contribution in [0.5, 0.6) is 0 Å². The van der Waals surface area contributed by atoms with E-state index < -0.39 is 14.9 Å². The van der Waals surface area contributed by atoms with E-state index in [2.05, 4.69) is 20.7 Å². The van der Waals surface area contributed by atoms with Gasteiger partial charge < -0.3 is 0 Å². The molecule has 3 aromatic rings. The molecule has 3 aromatic carbocycles. The molecule has 0 amide bonds. The highest BCUT2D eigenvalue weighted by molar-refractivity contribution is 9.10. The topological polar surface area (TPSA) is 89.3 Å². The number of nitrogens with one attached hydrogen (secondary N) is 1. The number of hydrogen-bond donors (Lipinski definition) is 1. The first-order chi connectivity index (χ1) is 14.1.